The van der Waals surface area contributed by atoms with Crippen molar-refractivity contribution in [2.24, 2.45) is 0 Å². The molecule has 3 aromatic heterocycles. The van der Waals surface area contributed by atoms with Crippen LogP contribution in [0.25, 0.3) is 22.6 Å². The van der Waals surface area contributed by atoms with Crippen LogP contribution in [0.5, 0.6) is 5.75 Å². The second-order valence-electron chi connectivity index (χ2n) is 5.01. The van der Waals surface area contributed by atoms with E-state index in [1.807, 2.05) is 36.4 Å². The molecule has 1 radical (unpaired) electrons. The van der Waals surface area contributed by atoms with Crippen molar-refractivity contribution in [1.82, 2.24) is 25.4 Å². The van der Waals surface area contributed by atoms with E-state index in [1.165, 1.54) is 19.2 Å². The number of halogens is 1. The second-order valence-corrected chi connectivity index (χ2v) is 5.01. The molecule has 139 valence electrons. The maximum Gasteiger partial charge on any atom is 0.0671 e. The maximum atomic E-state index is 12.9. The van der Waals surface area contributed by atoms with Gasteiger partial charge in [-0.3, -0.25) is 14.6 Å². The third kappa shape index (κ3) is 5.51. The minimum atomic E-state index is -0.369. The molecule has 0 saturated carbocycles. The summed E-state index contributed by atoms with van der Waals surface area (Å²) in [6.07, 6.45) is 4.97. The van der Waals surface area contributed by atoms with E-state index in [9.17, 15) is 4.39 Å². The first-order valence-electron chi connectivity index (χ1n) is 7.67. The Kier molecular flexibility index (Phi) is 7.73. The molecule has 3 heterocycles. The Morgan fingerprint density at radius 1 is 1.04 bits per heavy atom. The summed E-state index contributed by atoms with van der Waals surface area (Å²) in [5.41, 5.74) is 2.90. The number of nitrogens with zero attached hydrogens (tertiary/aromatic N) is 5. The minimum Gasteiger partial charge on any atom is -0.540 e. The molecule has 0 fully saturated rings. The van der Waals surface area contributed by atoms with Gasteiger partial charge in [-0.25, -0.2) is 0 Å². The molecule has 6 nitrogen and oxygen atoms in total. The van der Waals surface area contributed by atoms with Crippen LogP contribution < -0.4 is 9.84 Å². The summed E-state index contributed by atoms with van der Waals surface area (Å²) in [5, 5.41) is 10.8. The summed E-state index contributed by atoms with van der Waals surface area (Å²) in [5.74, 6) is 0.0697. The zero-order valence-corrected chi connectivity index (χ0v) is 16.6. The Balaban J connectivity index is 0.000000194. The Morgan fingerprint density at radius 3 is 2.30 bits per heavy atom. The summed E-state index contributed by atoms with van der Waals surface area (Å²) in [4.78, 5) is 8.23. The molecule has 0 atom stereocenters. The molecule has 0 aliphatic carbocycles. The summed E-state index contributed by atoms with van der Waals surface area (Å²) < 4.78 is 18.0. The number of hydrogen-bond acceptors (Lipinski definition) is 5. The SMILES string of the molecule is COc1cc(F)c[c-]c1-c1ccccn1.[Ir].c1ccc(-c2cnn[n-]2)nc1. The van der Waals surface area contributed by atoms with E-state index >= 15 is 0 Å². The molecule has 1 aromatic carbocycles. The molecular formula is C19H14FIrN5O-2. The third-order valence-corrected chi connectivity index (χ3v) is 3.32. The number of benzene rings is 1. The van der Waals surface area contributed by atoms with Gasteiger partial charge in [0.2, 0.25) is 0 Å². The van der Waals surface area contributed by atoms with Crippen LogP contribution in [0.3, 0.4) is 0 Å². The van der Waals surface area contributed by atoms with Crippen molar-refractivity contribution < 1.29 is 29.2 Å². The number of pyridine rings is 2. The van der Waals surface area contributed by atoms with E-state index in [-0.39, 0.29) is 25.9 Å². The Labute approximate surface area is 169 Å². The van der Waals surface area contributed by atoms with Gasteiger partial charge in [-0.05, 0) is 29.6 Å². The van der Waals surface area contributed by atoms with Crippen molar-refractivity contribution in [3.8, 4) is 28.4 Å². The Morgan fingerprint density at radius 2 is 1.74 bits per heavy atom. The van der Waals surface area contributed by atoms with Crippen molar-refractivity contribution in [3.63, 3.8) is 0 Å². The third-order valence-electron chi connectivity index (χ3n) is 3.32. The van der Waals surface area contributed by atoms with E-state index in [2.05, 4.69) is 31.4 Å². The molecule has 0 N–H and O–H groups in total. The molecule has 0 saturated heterocycles. The van der Waals surface area contributed by atoms with Crippen LogP contribution >= 0.6 is 0 Å². The number of ether oxygens (including phenoxy) is 1. The van der Waals surface area contributed by atoms with Crippen molar-refractivity contribution in [2.45, 2.75) is 0 Å². The first-order chi connectivity index (χ1) is 12.8. The van der Waals surface area contributed by atoms with Crippen LogP contribution in [0.4, 0.5) is 4.39 Å². The van der Waals surface area contributed by atoms with Crippen molar-refractivity contribution >= 4 is 0 Å². The van der Waals surface area contributed by atoms with Crippen LogP contribution in [-0.4, -0.2) is 27.4 Å². The fraction of sp³-hybridized carbons (Fsp3) is 0.0526. The van der Waals surface area contributed by atoms with E-state index in [0.29, 0.717) is 22.7 Å². The summed E-state index contributed by atoms with van der Waals surface area (Å²) >= 11 is 0. The van der Waals surface area contributed by atoms with Crippen molar-refractivity contribution in [2.75, 3.05) is 7.11 Å². The molecule has 8 heteroatoms. The molecule has 0 amide bonds. The number of aromatic nitrogens is 5. The molecule has 0 aliphatic rings. The molecule has 0 spiro atoms. The molecule has 0 unspecified atom stereocenters. The zero-order chi connectivity index (χ0) is 18.2. The van der Waals surface area contributed by atoms with Gasteiger partial charge in [0, 0.05) is 44.1 Å². The van der Waals surface area contributed by atoms with E-state index < -0.39 is 0 Å². The van der Waals surface area contributed by atoms with Gasteiger partial charge in [0.25, 0.3) is 0 Å². The molecule has 0 bridgehead atoms. The first-order valence-corrected chi connectivity index (χ1v) is 7.67. The zero-order valence-electron chi connectivity index (χ0n) is 14.2. The fourth-order valence-electron chi connectivity index (χ4n) is 2.14. The van der Waals surface area contributed by atoms with Crippen LogP contribution in [-0.2, 0) is 20.1 Å². The van der Waals surface area contributed by atoms with Crippen molar-refractivity contribution in [1.29, 1.82) is 0 Å². The van der Waals surface area contributed by atoms with Gasteiger partial charge in [-0.2, -0.15) is 0 Å². The van der Waals surface area contributed by atoms with Gasteiger partial charge in [-0.15, -0.1) is 12.1 Å². The summed E-state index contributed by atoms with van der Waals surface area (Å²) in [6, 6.07) is 16.5. The summed E-state index contributed by atoms with van der Waals surface area (Å²) in [7, 11) is 1.50. The maximum absolute atomic E-state index is 12.9. The van der Waals surface area contributed by atoms with Gasteiger partial charge < -0.3 is 19.9 Å². The molecule has 4 rings (SSSR count). The summed E-state index contributed by atoms with van der Waals surface area (Å²) in [6.45, 7) is 0. The monoisotopic (exact) mass is 540 g/mol. The largest absolute Gasteiger partial charge is 0.540 e. The average Bonchev–Trinajstić information content (AvgIpc) is 3.25. The van der Waals surface area contributed by atoms with Crippen LogP contribution in [0.2, 0.25) is 0 Å². The molecule has 27 heavy (non-hydrogen) atoms. The predicted octanol–water partition coefficient (Wildman–Crippen LogP) is 3.19. The Bertz CT molecular complexity index is 937. The average molecular weight is 540 g/mol. The van der Waals surface area contributed by atoms with Crippen LogP contribution in [0, 0.1) is 11.9 Å². The standard InChI is InChI=1S/C12H9FNO.C7H5N4.Ir/c1-15-12-8-9(13)5-6-10(12)11-4-2-3-7-14-11;1-2-4-8-6(3-1)7-5-9-11-10-7;/h2-5,7-8H,1H3;1-5H;/q2*-1;. The molecular weight excluding hydrogens is 525 g/mol. The normalized spacial score (nSPS) is 9.56. The molecule has 4 aromatic rings. The van der Waals surface area contributed by atoms with Gasteiger partial charge in [0.15, 0.2) is 0 Å². The van der Waals surface area contributed by atoms with E-state index in [4.69, 9.17) is 4.74 Å². The van der Waals surface area contributed by atoms with Gasteiger partial charge in [-0.1, -0.05) is 36.0 Å². The minimum absolute atomic E-state index is 0. The Hall–Kier alpha value is -2.96. The fourth-order valence-corrected chi connectivity index (χ4v) is 2.14. The van der Waals surface area contributed by atoms with Gasteiger partial charge in [0.05, 0.1) is 12.8 Å². The molecule has 0 aliphatic heterocycles. The van der Waals surface area contributed by atoms with Gasteiger partial charge in [0.1, 0.15) is 0 Å². The number of hydrogen-bond donors (Lipinski definition) is 0. The van der Waals surface area contributed by atoms with Crippen molar-refractivity contribution in [3.05, 3.63) is 79.0 Å². The predicted molar refractivity (Wildman–Crippen MR) is 93.6 cm³/mol. The first kappa shape index (κ1) is 20.4. The van der Waals surface area contributed by atoms with E-state index in [0.717, 1.165) is 5.69 Å². The quantitative estimate of drug-likeness (QED) is 0.373. The number of rotatable bonds is 3. The smallest absolute Gasteiger partial charge is 0.0671 e. The van der Waals surface area contributed by atoms with Crippen LogP contribution in [0.1, 0.15) is 0 Å². The van der Waals surface area contributed by atoms with Crippen LogP contribution in [0.15, 0.2) is 67.1 Å². The topological polar surface area (TPSA) is 74.9 Å². The second kappa shape index (κ2) is 10.3. The van der Waals surface area contributed by atoms with Gasteiger partial charge >= 0.3 is 0 Å². The number of methoxy groups -OCH3 is 1. The van der Waals surface area contributed by atoms with E-state index in [1.54, 1.807) is 18.6 Å².